The normalized spacial score (nSPS) is 34.5. The molecule has 3 rings (SSSR count). The van der Waals surface area contributed by atoms with Gasteiger partial charge in [0.25, 0.3) is 0 Å². The van der Waals surface area contributed by atoms with Crippen LogP contribution in [0.4, 0.5) is 0 Å². The van der Waals surface area contributed by atoms with Crippen LogP contribution < -0.4 is 0 Å². The van der Waals surface area contributed by atoms with Crippen molar-refractivity contribution >= 4 is 22.9 Å². The van der Waals surface area contributed by atoms with Gasteiger partial charge < -0.3 is 5.11 Å². The standard InChI is InChI=1S/C12H16ClNOS/c13-12-4-2-9(16-12)6-14-5-8-1-3-11(15)10(8)7-14/h2,4,8,10-11,15H,1,3,5-7H2. The van der Waals surface area contributed by atoms with E-state index in [0.717, 1.165) is 36.3 Å². The van der Waals surface area contributed by atoms with Gasteiger partial charge in [0.2, 0.25) is 0 Å². The zero-order valence-electron chi connectivity index (χ0n) is 9.10. The summed E-state index contributed by atoms with van der Waals surface area (Å²) in [5, 5.41) is 9.84. The fourth-order valence-corrected chi connectivity index (χ4v) is 4.25. The number of nitrogens with zero attached hydrogens (tertiary/aromatic N) is 1. The molecule has 16 heavy (non-hydrogen) atoms. The summed E-state index contributed by atoms with van der Waals surface area (Å²) in [5.41, 5.74) is 0. The van der Waals surface area contributed by atoms with Crippen molar-refractivity contribution in [2.24, 2.45) is 11.8 Å². The van der Waals surface area contributed by atoms with E-state index < -0.39 is 0 Å². The number of aliphatic hydroxyl groups is 1. The maximum atomic E-state index is 9.84. The summed E-state index contributed by atoms with van der Waals surface area (Å²) >= 11 is 7.59. The van der Waals surface area contributed by atoms with E-state index >= 15 is 0 Å². The van der Waals surface area contributed by atoms with Crippen LogP contribution in [0.2, 0.25) is 4.34 Å². The Hall–Kier alpha value is -0.0900. The lowest BCUT2D eigenvalue weighted by Gasteiger charge is -2.16. The van der Waals surface area contributed by atoms with Crippen molar-refractivity contribution in [1.82, 2.24) is 4.90 Å². The molecule has 1 N–H and O–H groups in total. The fraction of sp³-hybridized carbons (Fsp3) is 0.667. The van der Waals surface area contributed by atoms with Crippen LogP contribution in [-0.4, -0.2) is 29.2 Å². The van der Waals surface area contributed by atoms with Gasteiger partial charge in [0.1, 0.15) is 0 Å². The van der Waals surface area contributed by atoms with Gasteiger partial charge in [-0.3, -0.25) is 4.90 Å². The first-order valence-electron chi connectivity index (χ1n) is 5.87. The van der Waals surface area contributed by atoms with Gasteiger partial charge in [-0.25, -0.2) is 0 Å². The molecule has 2 fully saturated rings. The molecule has 1 aliphatic carbocycles. The molecule has 1 aromatic rings. The summed E-state index contributed by atoms with van der Waals surface area (Å²) < 4.78 is 0.870. The lowest BCUT2D eigenvalue weighted by atomic mass is 10.00. The molecule has 0 spiro atoms. The number of hydrogen-bond donors (Lipinski definition) is 1. The fourth-order valence-electron chi connectivity index (χ4n) is 3.12. The summed E-state index contributed by atoms with van der Waals surface area (Å²) in [6.45, 7) is 3.20. The molecule has 2 nitrogen and oxygen atoms in total. The highest BCUT2D eigenvalue weighted by molar-refractivity contribution is 7.16. The second-order valence-electron chi connectivity index (χ2n) is 4.97. The van der Waals surface area contributed by atoms with Gasteiger partial charge >= 0.3 is 0 Å². The summed E-state index contributed by atoms with van der Waals surface area (Å²) in [4.78, 5) is 3.79. The van der Waals surface area contributed by atoms with Gasteiger partial charge in [-0.2, -0.15) is 0 Å². The molecule has 1 aromatic heterocycles. The Kier molecular flexibility index (Phi) is 2.96. The van der Waals surface area contributed by atoms with Crippen LogP contribution in [0.5, 0.6) is 0 Å². The Labute approximate surface area is 105 Å². The van der Waals surface area contributed by atoms with Crippen molar-refractivity contribution in [3.63, 3.8) is 0 Å². The summed E-state index contributed by atoms with van der Waals surface area (Å²) in [6, 6.07) is 4.07. The van der Waals surface area contributed by atoms with Crippen molar-refractivity contribution < 1.29 is 5.11 Å². The smallest absolute Gasteiger partial charge is 0.0931 e. The third-order valence-corrected chi connectivity index (χ3v) is 5.12. The number of fused-ring (bicyclic) bond motifs is 1. The van der Waals surface area contributed by atoms with Crippen molar-refractivity contribution in [1.29, 1.82) is 0 Å². The van der Waals surface area contributed by atoms with E-state index in [4.69, 9.17) is 11.6 Å². The molecule has 88 valence electrons. The van der Waals surface area contributed by atoms with Gasteiger partial charge in [-0.15, -0.1) is 11.3 Å². The average molecular weight is 258 g/mol. The molecule has 2 heterocycles. The van der Waals surface area contributed by atoms with Crippen molar-refractivity contribution in [2.45, 2.75) is 25.5 Å². The summed E-state index contributed by atoms with van der Waals surface area (Å²) in [5.74, 6) is 1.25. The Morgan fingerprint density at radius 2 is 2.25 bits per heavy atom. The third-order valence-electron chi connectivity index (χ3n) is 3.90. The zero-order chi connectivity index (χ0) is 11.1. The number of thiophene rings is 1. The highest BCUT2D eigenvalue weighted by Crippen LogP contribution is 2.38. The zero-order valence-corrected chi connectivity index (χ0v) is 10.7. The molecule has 2 aliphatic rings. The SMILES string of the molecule is OC1CCC2CN(Cc3ccc(Cl)s3)CC12. The lowest BCUT2D eigenvalue weighted by molar-refractivity contribution is 0.123. The molecular weight excluding hydrogens is 242 g/mol. The van der Waals surface area contributed by atoms with Crippen LogP contribution in [-0.2, 0) is 6.54 Å². The average Bonchev–Trinajstić information content (AvgIpc) is 2.88. The number of aliphatic hydroxyl groups excluding tert-OH is 1. The summed E-state index contributed by atoms with van der Waals surface area (Å²) in [7, 11) is 0. The van der Waals surface area contributed by atoms with E-state index in [0.29, 0.717) is 5.92 Å². The van der Waals surface area contributed by atoms with Crippen LogP contribution in [0.25, 0.3) is 0 Å². The summed E-state index contributed by atoms with van der Waals surface area (Å²) in [6.07, 6.45) is 2.16. The molecule has 3 unspecified atom stereocenters. The molecule has 1 aliphatic heterocycles. The highest BCUT2D eigenvalue weighted by Gasteiger charge is 2.41. The van der Waals surface area contributed by atoms with Crippen molar-refractivity contribution in [3.8, 4) is 0 Å². The Bertz CT molecular complexity index is 381. The first-order chi connectivity index (χ1) is 7.72. The van der Waals surface area contributed by atoms with Gasteiger partial charge in [-0.05, 0) is 30.9 Å². The number of halogens is 1. The maximum Gasteiger partial charge on any atom is 0.0931 e. The molecule has 1 saturated carbocycles. The van der Waals surface area contributed by atoms with E-state index in [9.17, 15) is 5.11 Å². The largest absolute Gasteiger partial charge is 0.393 e. The second-order valence-corrected chi connectivity index (χ2v) is 6.77. The Morgan fingerprint density at radius 3 is 2.94 bits per heavy atom. The topological polar surface area (TPSA) is 23.5 Å². The third kappa shape index (κ3) is 2.02. The molecule has 3 atom stereocenters. The first-order valence-corrected chi connectivity index (χ1v) is 7.06. The first kappa shape index (κ1) is 11.0. The molecule has 0 bridgehead atoms. The molecule has 0 amide bonds. The molecule has 4 heteroatoms. The van der Waals surface area contributed by atoms with Gasteiger partial charge in [-0.1, -0.05) is 11.6 Å². The molecular formula is C12H16ClNOS. The number of rotatable bonds is 2. The van der Waals surface area contributed by atoms with E-state index in [1.807, 2.05) is 6.07 Å². The quantitative estimate of drug-likeness (QED) is 0.881. The lowest BCUT2D eigenvalue weighted by Crippen LogP contribution is -2.24. The minimum Gasteiger partial charge on any atom is -0.393 e. The molecule has 0 aromatic carbocycles. The number of likely N-dealkylation sites (tertiary alicyclic amines) is 1. The second kappa shape index (κ2) is 4.30. The van der Waals surface area contributed by atoms with Gasteiger partial charge in [0.05, 0.1) is 10.4 Å². The predicted molar refractivity (Wildman–Crippen MR) is 66.8 cm³/mol. The predicted octanol–water partition coefficient (Wildman–Crippen LogP) is 2.60. The van der Waals surface area contributed by atoms with Crippen LogP contribution in [0.3, 0.4) is 0 Å². The van der Waals surface area contributed by atoms with Gasteiger partial charge in [0, 0.05) is 30.4 Å². The van der Waals surface area contributed by atoms with E-state index in [1.54, 1.807) is 11.3 Å². The van der Waals surface area contributed by atoms with Crippen LogP contribution in [0.15, 0.2) is 12.1 Å². The minimum absolute atomic E-state index is 0.0538. The van der Waals surface area contributed by atoms with Crippen molar-refractivity contribution in [3.05, 3.63) is 21.3 Å². The van der Waals surface area contributed by atoms with E-state index in [1.165, 1.54) is 11.3 Å². The molecule has 0 radical (unpaired) electrons. The molecule has 1 saturated heterocycles. The highest BCUT2D eigenvalue weighted by atomic mass is 35.5. The maximum absolute atomic E-state index is 9.84. The number of hydrogen-bond acceptors (Lipinski definition) is 3. The Morgan fingerprint density at radius 1 is 1.38 bits per heavy atom. The minimum atomic E-state index is -0.0538. The van der Waals surface area contributed by atoms with Crippen LogP contribution >= 0.6 is 22.9 Å². The van der Waals surface area contributed by atoms with Crippen LogP contribution in [0, 0.1) is 11.8 Å². The van der Waals surface area contributed by atoms with E-state index in [2.05, 4.69) is 11.0 Å². The van der Waals surface area contributed by atoms with Crippen molar-refractivity contribution in [2.75, 3.05) is 13.1 Å². The van der Waals surface area contributed by atoms with Gasteiger partial charge in [0.15, 0.2) is 0 Å². The van der Waals surface area contributed by atoms with Crippen LogP contribution in [0.1, 0.15) is 17.7 Å². The van der Waals surface area contributed by atoms with E-state index in [-0.39, 0.29) is 6.10 Å². The monoisotopic (exact) mass is 257 g/mol. The Balaban J connectivity index is 1.62.